The maximum Gasteiger partial charge on any atom is 0.123 e. The average molecular weight is 356 g/mol. The van der Waals surface area contributed by atoms with E-state index in [1.54, 1.807) is 19.2 Å². The number of rotatable bonds is 7. The Bertz CT molecular complexity index is 713. The highest BCUT2D eigenvalue weighted by Gasteiger charge is 2.17. The average Bonchev–Trinajstić information content (AvgIpc) is 2.69. The predicted octanol–water partition coefficient (Wildman–Crippen LogP) is 4.12. The lowest BCUT2D eigenvalue weighted by Gasteiger charge is -2.31. The van der Waals surface area contributed by atoms with Crippen LogP contribution in [-0.2, 0) is 17.6 Å². The van der Waals surface area contributed by atoms with Gasteiger partial charge in [0.1, 0.15) is 5.82 Å². The molecule has 4 heteroatoms. The normalized spacial score (nSPS) is 15.9. The number of piperazine rings is 1. The van der Waals surface area contributed by atoms with Gasteiger partial charge in [-0.25, -0.2) is 4.39 Å². The third-order valence-corrected chi connectivity index (χ3v) is 5.18. The van der Waals surface area contributed by atoms with Gasteiger partial charge in [-0.1, -0.05) is 31.2 Å². The fraction of sp³-hybridized carbons (Fsp3) is 0.455. The Labute approximate surface area is 156 Å². The van der Waals surface area contributed by atoms with Crippen LogP contribution in [0.1, 0.15) is 36.1 Å². The molecular weight excluding hydrogens is 327 g/mol. The van der Waals surface area contributed by atoms with Crippen molar-refractivity contribution >= 4 is 5.69 Å². The summed E-state index contributed by atoms with van der Waals surface area (Å²) < 4.78 is 19.1. The topological polar surface area (TPSA) is 24.5 Å². The number of hydrogen-bond donors (Lipinski definition) is 1. The zero-order chi connectivity index (χ0) is 18.4. The molecule has 1 atom stereocenters. The summed E-state index contributed by atoms with van der Waals surface area (Å²) in [6.45, 7) is 6.40. The monoisotopic (exact) mass is 356 g/mol. The lowest BCUT2D eigenvalue weighted by Crippen LogP contribution is -2.43. The molecule has 26 heavy (non-hydrogen) atoms. The Kier molecular flexibility index (Phi) is 6.64. The fourth-order valence-electron chi connectivity index (χ4n) is 3.71. The highest BCUT2D eigenvalue weighted by atomic mass is 19.1. The van der Waals surface area contributed by atoms with E-state index in [1.807, 2.05) is 6.07 Å². The van der Waals surface area contributed by atoms with E-state index < -0.39 is 0 Å². The second-order valence-electron chi connectivity index (χ2n) is 6.87. The zero-order valence-electron chi connectivity index (χ0n) is 15.8. The molecule has 0 spiro atoms. The summed E-state index contributed by atoms with van der Waals surface area (Å²) in [4.78, 5) is 2.47. The van der Waals surface area contributed by atoms with Crippen LogP contribution in [0.15, 0.2) is 42.5 Å². The second-order valence-corrected chi connectivity index (χ2v) is 6.87. The molecule has 3 nitrogen and oxygen atoms in total. The first-order valence-electron chi connectivity index (χ1n) is 9.57. The van der Waals surface area contributed by atoms with E-state index in [4.69, 9.17) is 4.74 Å². The number of hydrogen-bond acceptors (Lipinski definition) is 3. The van der Waals surface area contributed by atoms with E-state index in [1.165, 1.54) is 22.9 Å². The molecule has 140 valence electrons. The molecule has 2 aromatic carbocycles. The van der Waals surface area contributed by atoms with Crippen molar-refractivity contribution in [2.75, 3.05) is 38.2 Å². The van der Waals surface area contributed by atoms with Gasteiger partial charge in [0.05, 0.1) is 6.10 Å². The number of nitrogens with zero attached hydrogens (tertiary/aromatic N) is 1. The summed E-state index contributed by atoms with van der Waals surface area (Å²) in [5.74, 6) is -0.176. The molecular formula is C22H29FN2O. The molecule has 1 N–H and O–H groups in total. The van der Waals surface area contributed by atoms with Gasteiger partial charge in [-0.2, -0.15) is 0 Å². The number of nitrogens with one attached hydrogen (secondary N) is 1. The van der Waals surface area contributed by atoms with E-state index in [0.29, 0.717) is 0 Å². The highest BCUT2D eigenvalue weighted by molar-refractivity contribution is 5.56. The van der Waals surface area contributed by atoms with Crippen LogP contribution in [0.2, 0.25) is 0 Å². The molecule has 3 rings (SSSR count). The van der Waals surface area contributed by atoms with Crippen molar-refractivity contribution in [2.24, 2.45) is 0 Å². The van der Waals surface area contributed by atoms with Crippen molar-refractivity contribution in [3.63, 3.8) is 0 Å². The maximum absolute atomic E-state index is 13.4. The SMILES string of the molecule is CCc1cc(C(CCc2cccc(F)c2)OC)ccc1N1CCNCC1. The first-order chi connectivity index (χ1) is 12.7. The Morgan fingerprint density at radius 1 is 1.15 bits per heavy atom. The number of ether oxygens (including phenoxy) is 1. The van der Waals surface area contributed by atoms with Crippen LogP contribution < -0.4 is 10.2 Å². The van der Waals surface area contributed by atoms with Crippen molar-refractivity contribution in [1.82, 2.24) is 5.32 Å². The van der Waals surface area contributed by atoms with E-state index >= 15 is 0 Å². The smallest absolute Gasteiger partial charge is 0.123 e. The minimum Gasteiger partial charge on any atom is -0.377 e. The van der Waals surface area contributed by atoms with Gasteiger partial charge >= 0.3 is 0 Å². The van der Waals surface area contributed by atoms with Gasteiger partial charge in [0.15, 0.2) is 0 Å². The summed E-state index contributed by atoms with van der Waals surface area (Å²) in [6, 6.07) is 13.6. The van der Waals surface area contributed by atoms with Crippen LogP contribution in [0, 0.1) is 5.82 Å². The summed E-state index contributed by atoms with van der Waals surface area (Å²) >= 11 is 0. The second kappa shape index (κ2) is 9.15. The number of methoxy groups -OCH3 is 1. The third-order valence-electron chi connectivity index (χ3n) is 5.18. The van der Waals surface area contributed by atoms with Crippen LogP contribution in [0.3, 0.4) is 0 Å². The lowest BCUT2D eigenvalue weighted by molar-refractivity contribution is 0.0959. The first-order valence-corrected chi connectivity index (χ1v) is 9.57. The Morgan fingerprint density at radius 3 is 2.65 bits per heavy atom. The minimum atomic E-state index is -0.176. The van der Waals surface area contributed by atoms with Gasteiger partial charge in [-0.3, -0.25) is 0 Å². The van der Waals surface area contributed by atoms with Gasteiger partial charge in [-0.15, -0.1) is 0 Å². The summed E-state index contributed by atoms with van der Waals surface area (Å²) in [5, 5.41) is 3.41. The number of halogens is 1. The molecule has 1 heterocycles. The molecule has 1 saturated heterocycles. The first kappa shape index (κ1) is 18.9. The van der Waals surface area contributed by atoms with Gasteiger partial charge in [0, 0.05) is 39.0 Å². The number of benzene rings is 2. The molecule has 0 saturated carbocycles. The van der Waals surface area contributed by atoms with E-state index in [9.17, 15) is 4.39 Å². The molecule has 0 aliphatic carbocycles. The number of anilines is 1. The van der Waals surface area contributed by atoms with Gasteiger partial charge in [0.2, 0.25) is 0 Å². The predicted molar refractivity (Wildman–Crippen MR) is 105 cm³/mol. The zero-order valence-corrected chi connectivity index (χ0v) is 15.8. The molecule has 0 aromatic heterocycles. The van der Waals surface area contributed by atoms with Crippen LogP contribution in [0.5, 0.6) is 0 Å². The Morgan fingerprint density at radius 2 is 1.96 bits per heavy atom. The standard InChI is InChI=1S/C22H29FN2O/c1-3-18-16-19(8-9-21(18)25-13-11-24-12-14-25)22(26-2)10-7-17-5-4-6-20(23)15-17/h4-6,8-9,15-16,22,24H,3,7,10-14H2,1-2H3. The van der Waals surface area contributed by atoms with Crippen molar-refractivity contribution < 1.29 is 9.13 Å². The number of aryl methyl sites for hydroxylation is 2. The van der Waals surface area contributed by atoms with Crippen molar-refractivity contribution in [2.45, 2.75) is 32.3 Å². The van der Waals surface area contributed by atoms with Gasteiger partial charge < -0.3 is 15.0 Å². The molecule has 0 bridgehead atoms. The van der Waals surface area contributed by atoms with E-state index in [0.717, 1.165) is 51.0 Å². The van der Waals surface area contributed by atoms with Crippen molar-refractivity contribution in [3.05, 3.63) is 65.0 Å². The van der Waals surface area contributed by atoms with Crippen LogP contribution in [-0.4, -0.2) is 33.3 Å². The van der Waals surface area contributed by atoms with Crippen molar-refractivity contribution in [3.8, 4) is 0 Å². The van der Waals surface area contributed by atoms with Gasteiger partial charge in [-0.05, 0) is 54.2 Å². The van der Waals surface area contributed by atoms with Crippen LogP contribution in [0.25, 0.3) is 0 Å². The largest absolute Gasteiger partial charge is 0.377 e. The minimum absolute atomic E-state index is 0.0284. The quantitative estimate of drug-likeness (QED) is 0.808. The fourth-order valence-corrected chi connectivity index (χ4v) is 3.71. The molecule has 1 aliphatic rings. The molecule has 1 unspecified atom stereocenters. The Hall–Kier alpha value is -1.91. The van der Waals surface area contributed by atoms with E-state index in [-0.39, 0.29) is 11.9 Å². The van der Waals surface area contributed by atoms with E-state index in [2.05, 4.69) is 35.3 Å². The molecule has 1 fully saturated rings. The summed E-state index contributed by atoms with van der Waals surface area (Å²) in [7, 11) is 1.76. The molecule has 1 aliphatic heterocycles. The van der Waals surface area contributed by atoms with Crippen LogP contribution in [0.4, 0.5) is 10.1 Å². The van der Waals surface area contributed by atoms with Crippen LogP contribution >= 0.6 is 0 Å². The molecule has 0 radical (unpaired) electrons. The van der Waals surface area contributed by atoms with Gasteiger partial charge in [0.25, 0.3) is 0 Å². The maximum atomic E-state index is 13.4. The summed E-state index contributed by atoms with van der Waals surface area (Å²) in [5.41, 5.74) is 4.94. The lowest BCUT2D eigenvalue weighted by atomic mass is 9.97. The Balaban J connectivity index is 1.73. The molecule has 2 aromatic rings. The highest BCUT2D eigenvalue weighted by Crippen LogP contribution is 2.29. The van der Waals surface area contributed by atoms with Crippen molar-refractivity contribution in [1.29, 1.82) is 0 Å². The molecule has 0 amide bonds. The summed E-state index contributed by atoms with van der Waals surface area (Å²) in [6.07, 6.45) is 2.68. The third kappa shape index (κ3) is 4.63.